The second-order valence-corrected chi connectivity index (χ2v) is 4.41. The number of allylic oxidation sites excluding steroid dienone is 1. The number of rotatable bonds is 6. The van der Waals surface area contributed by atoms with Crippen molar-refractivity contribution in [3.05, 3.63) is 23.8 Å². The SMILES string of the molecule is CCC(Cc1cnc(/C=C\C(C)=N/C)[nH]1)C(C)=O. The molecule has 0 radical (unpaired) electrons. The number of hydrogen-bond acceptors (Lipinski definition) is 3. The van der Waals surface area contributed by atoms with Crippen molar-refractivity contribution in [2.75, 3.05) is 7.05 Å². The van der Waals surface area contributed by atoms with Crippen molar-refractivity contribution in [3.63, 3.8) is 0 Å². The molecule has 0 bridgehead atoms. The molecule has 0 spiro atoms. The highest BCUT2D eigenvalue weighted by atomic mass is 16.1. The van der Waals surface area contributed by atoms with Crippen LogP contribution in [0.1, 0.15) is 38.7 Å². The van der Waals surface area contributed by atoms with Gasteiger partial charge in [-0.15, -0.1) is 0 Å². The molecule has 0 saturated carbocycles. The Morgan fingerprint density at radius 3 is 2.83 bits per heavy atom. The second-order valence-electron chi connectivity index (χ2n) is 4.41. The third kappa shape index (κ3) is 4.28. The first kappa shape index (κ1) is 14.4. The molecule has 0 amide bonds. The highest BCUT2D eigenvalue weighted by Gasteiger charge is 2.13. The summed E-state index contributed by atoms with van der Waals surface area (Å²) < 4.78 is 0. The standard InChI is InChI=1S/C14H21N3O/c1-5-12(11(3)18)8-13-9-16-14(17-13)7-6-10(2)15-4/h6-7,9,12H,5,8H2,1-4H3,(H,16,17)/b7-6-,15-10-. The number of ketones is 1. The Bertz CT molecular complexity index is 457. The first-order valence-corrected chi connectivity index (χ1v) is 6.22. The molecule has 0 saturated heterocycles. The minimum absolute atomic E-state index is 0.0845. The van der Waals surface area contributed by atoms with Gasteiger partial charge in [-0.3, -0.25) is 9.79 Å². The predicted molar refractivity (Wildman–Crippen MR) is 74.8 cm³/mol. The number of nitrogens with one attached hydrogen (secondary N) is 1. The lowest BCUT2D eigenvalue weighted by Gasteiger charge is -2.08. The number of hydrogen-bond donors (Lipinski definition) is 1. The number of Topliss-reactive ketones (excluding diaryl/α,β-unsaturated/α-hetero) is 1. The van der Waals surface area contributed by atoms with E-state index in [0.717, 1.165) is 30.1 Å². The van der Waals surface area contributed by atoms with E-state index in [1.165, 1.54) is 0 Å². The molecule has 1 rings (SSSR count). The Morgan fingerprint density at radius 2 is 2.28 bits per heavy atom. The van der Waals surface area contributed by atoms with Crippen LogP contribution >= 0.6 is 0 Å². The second kappa shape index (κ2) is 6.89. The van der Waals surface area contributed by atoms with Gasteiger partial charge in [0.05, 0.1) is 0 Å². The maximum absolute atomic E-state index is 11.4. The number of H-pyrrole nitrogens is 1. The quantitative estimate of drug-likeness (QED) is 0.786. The lowest BCUT2D eigenvalue weighted by Crippen LogP contribution is -2.12. The molecule has 1 unspecified atom stereocenters. The topological polar surface area (TPSA) is 58.1 Å². The first-order valence-electron chi connectivity index (χ1n) is 6.22. The summed E-state index contributed by atoms with van der Waals surface area (Å²) >= 11 is 0. The molecule has 4 nitrogen and oxygen atoms in total. The van der Waals surface area contributed by atoms with Crippen LogP contribution in [0.15, 0.2) is 17.3 Å². The molecule has 0 aromatic carbocycles. The van der Waals surface area contributed by atoms with Crippen molar-refractivity contribution < 1.29 is 4.79 Å². The van der Waals surface area contributed by atoms with Crippen LogP contribution in [-0.2, 0) is 11.2 Å². The molecule has 4 heteroatoms. The van der Waals surface area contributed by atoms with E-state index in [9.17, 15) is 4.79 Å². The van der Waals surface area contributed by atoms with Gasteiger partial charge >= 0.3 is 0 Å². The maximum Gasteiger partial charge on any atom is 0.133 e. The zero-order valence-corrected chi connectivity index (χ0v) is 11.5. The molecule has 1 N–H and O–H groups in total. The fourth-order valence-electron chi connectivity index (χ4n) is 1.68. The van der Waals surface area contributed by atoms with Gasteiger partial charge in [0.25, 0.3) is 0 Å². The fraction of sp³-hybridized carbons (Fsp3) is 0.500. The van der Waals surface area contributed by atoms with Gasteiger partial charge in [0.15, 0.2) is 0 Å². The Balaban J connectivity index is 2.69. The minimum atomic E-state index is 0.0845. The number of aromatic nitrogens is 2. The van der Waals surface area contributed by atoms with Crippen molar-refractivity contribution in [3.8, 4) is 0 Å². The third-order valence-electron chi connectivity index (χ3n) is 3.02. The summed E-state index contributed by atoms with van der Waals surface area (Å²) in [5.74, 6) is 1.12. The van der Waals surface area contributed by atoms with Gasteiger partial charge in [0.1, 0.15) is 11.6 Å². The Kier molecular flexibility index (Phi) is 5.49. The van der Waals surface area contributed by atoms with E-state index in [-0.39, 0.29) is 11.7 Å². The molecule has 1 atom stereocenters. The summed E-state index contributed by atoms with van der Waals surface area (Å²) in [6.45, 7) is 5.61. The normalized spacial score (nSPS) is 14.1. The van der Waals surface area contributed by atoms with Crippen LogP contribution in [0, 0.1) is 5.92 Å². The zero-order chi connectivity index (χ0) is 13.5. The van der Waals surface area contributed by atoms with Crippen molar-refractivity contribution in [2.24, 2.45) is 10.9 Å². The molecule has 18 heavy (non-hydrogen) atoms. The van der Waals surface area contributed by atoms with Crippen LogP contribution in [0.2, 0.25) is 0 Å². The van der Waals surface area contributed by atoms with Crippen LogP contribution in [-0.4, -0.2) is 28.5 Å². The number of aliphatic imine (C=N–C) groups is 1. The lowest BCUT2D eigenvalue weighted by atomic mass is 9.97. The average Bonchev–Trinajstić information content (AvgIpc) is 2.80. The van der Waals surface area contributed by atoms with Crippen molar-refractivity contribution >= 4 is 17.6 Å². The third-order valence-corrected chi connectivity index (χ3v) is 3.02. The van der Waals surface area contributed by atoms with Crippen LogP contribution < -0.4 is 0 Å². The van der Waals surface area contributed by atoms with Gasteiger partial charge in [-0.25, -0.2) is 4.98 Å². The van der Waals surface area contributed by atoms with Gasteiger partial charge in [0.2, 0.25) is 0 Å². The Labute approximate surface area is 108 Å². The van der Waals surface area contributed by atoms with Gasteiger partial charge < -0.3 is 4.98 Å². The molecular formula is C14H21N3O. The van der Waals surface area contributed by atoms with Gasteiger partial charge in [0, 0.05) is 30.6 Å². The van der Waals surface area contributed by atoms with Crippen LogP contribution in [0.5, 0.6) is 0 Å². The van der Waals surface area contributed by atoms with Gasteiger partial charge in [-0.1, -0.05) is 6.92 Å². The van der Waals surface area contributed by atoms with Gasteiger partial charge in [-0.2, -0.15) is 0 Å². The van der Waals surface area contributed by atoms with E-state index < -0.39 is 0 Å². The van der Waals surface area contributed by atoms with E-state index in [1.54, 1.807) is 20.2 Å². The maximum atomic E-state index is 11.4. The molecular weight excluding hydrogens is 226 g/mol. The summed E-state index contributed by atoms with van der Waals surface area (Å²) in [4.78, 5) is 22.9. The number of nitrogens with zero attached hydrogens (tertiary/aromatic N) is 2. The number of imidazole rings is 1. The van der Waals surface area contributed by atoms with E-state index in [0.29, 0.717) is 0 Å². The fourth-order valence-corrected chi connectivity index (χ4v) is 1.68. The number of carbonyl (C=O) groups is 1. The minimum Gasteiger partial charge on any atom is -0.342 e. The molecule has 0 aliphatic heterocycles. The van der Waals surface area contributed by atoms with Gasteiger partial charge in [-0.05, 0) is 38.8 Å². The van der Waals surface area contributed by atoms with E-state index >= 15 is 0 Å². The number of carbonyl (C=O) groups excluding carboxylic acids is 1. The van der Waals surface area contributed by atoms with Crippen LogP contribution in [0.3, 0.4) is 0 Å². The summed E-state index contributed by atoms with van der Waals surface area (Å²) in [6.07, 6.45) is 7.18. The first-order chi connectivity index (χ1) is 8.56. The van der Waals surface area contributed by atoms with Crippen molar-refractivity contribution in [1.29, 1.82) is 0 Å². The Morgan fingerprint density at radius 1 is 1.56 bits per heavy atom. The Hall–Kier alpha value is -1.71. The molecule has 98 valence electrons. The number of aromatic amines is 1. The van der Waals surface area contributed by atoms with E-state index in [2.05, 4.69) is 15.0 Å². The molecule has 1 heterocycles. The highest BCUT2D eigenvalue weighted by Crippen LogP contribution is 2.12. The molecule has 0 aliphatic carbocycles. The van der Waals surface area contributed by atoms with Crippen LogP contribution in [0.25, 0.3) is 6.08 Å². The molecule has 1 aromatic rings. The summed E-state index contributed by atoms with van der Waals surface area (Å²) in [7, 11) is 1.76. The average molecular weight is 247 g/mol. The molecule has 0 fully saturated rings. The highest BCUT2D eigenvalue weighted by molar-refractivity contribution is 5.95. The van der Waals surface area contributed by atoms with Crippen molar-refractivity contribution in [1.82, 2.24) is 9.97 Å². The monoisotopic (exact) mass is 247 g/mol. The van der Waals surface area contributed by atoms with E-state index in [1.807, 2.05) is 26.0 Å². The molecule has 0 aliphatic rings. The largest absolute Gasteiger partial charge is 0.342 e. The zero-order valence-electron chi connectivity index (χ0n) is 11.5. The predicted octanol–water partition coefficient (Wildman–Crippen LogP) is 2.67. The molecule has 1 aromatic heterocycles. The van der Waals surface area contributed by atoms with Crippen LogP contribution in [0.4, 0.5) is 0 Å². The van der Waals surface area contributed by atoms with Crippen molar-refractivity contribution in [2.45, 2.75) is 33.6 Å². The summed E-state index contributed by atoms with van der Waals surface area (Å²) in [5.41, 5.74) is 1.95. The smallest absolute Gasteiger partial charge is 0.133 e. The summed E-state index contributed by atoms with van der Waals surface area (Å²) in [6, 6.07) is 0. The van der Waals surface area contributed by atoms with E-state index in [4.69, 9.17) is 0 Å². The summed E-state index contributed by atoms with van der Waals surface area (Å²) in [5, 5.41) is 0. The lowest BCUT2D eigenvalue weighted by molar-refractivity contribution is -0.120.